The molecule has 2 N–H and O–H groups in total. The van der Waals surface area contributed by atoms with Gasteiger partial charge >= 0.3 is 6.03 Å². The Labute approximate surface area is 222 Å². The lowest BCUT2D eigenvalue weighted by Crippen LogP contribution is -2.29. The number of aryl methyl sites for hydroxylation is 1. The molecule has 0 radical (unpaired) electrons. The molecule has 9 heteroatoms. The molecule has 1 fully saturated rings. The molecule has 3 aromatic heterocycles. The molecule has 1 aromatic carbocycles. The Morgan fingerprint density at radius 3 is 2.55 bits per heavy atom. The van der Waals surface area contributed by atoms with Crippen LogP contribution in [0.15, 0.2) is 61.1 Å². The van der Waals surface area contributed by atoms with E-state index in [1.54, 1.807) is 30.2 Å². The van der Waals surface area contributed by atoms with Gasteiger partial charge in [0.15, 0.2) is 0 Å². The average Bonchev–Trinajstić information content (AvgIpc) is 3.35. The van der Waals surface area contributed by atoms with Gasteiger partial charge in [-0.05, 0) is 81.9 Å². The summed E-state index contributed by atoms with van der Waals surface area (Å²) in [5, 5.41) is 6.52. The number of fused-ring (bicyclic) bond motifs is 1. The highest BCUT2D eigenvalue weighted by molar-refractivity contribution is 6.03. The number of amides is 2. The van der Waals surface area contributed by atoms with Crippen molar-refractivity contribution in [1.82, 2.24) is 24.8 Å². The van der Waals surface area contributed by atoms with Crippen molar-refractivity contribution in [3.63, 3.8) is 0 Å². The molecule has 196 valence electrons. The Kier molecular flexibility index (Phi) is 7.11. The molecule has 5 rings (SSSR count). The standard InChI is InChI=1S/C29H33N7O2/c1-19-15-26-21(10-14-36(26)29(38)30-2)16-25(19)35(4)23-7-11-31-27(17-23)33-28(37)22-5-6-24(32-18-22)20-8-12-34(3)13-9-20/h5-7,10-11,14-18,20H,8-9,12-13H2,1-4H3,(H,30,38)(H,31,33,37). The zero-order valence-corrected chi connectivity index (χ0v) is 22.2. The molecule has 0 aliphatic carbocycles. The van der Waals surface area contributed by atoms with Crippen LogP contribution in [0.25, 0.3) is 10.9 Å². The first-order valence-electron chi connectivity index (χ1n) is 12.8. The zero-order chi connectivity index (χ0) is 26.8. The van der Waals surface area contributed by atoms with E-state index in [9.17, 15) is 9.59 Å². The van der Waals surface area contributed by atoms with Gasteiger partial charge < -0.3 is 20.4 Å². The first-order valence-corrected chi connectivity index (χ1v) is 12.8. The summed E-state index contributed by atoms with van der Waals surface area (Å²) in [5.74, 6) is 0.665. The summed E-state index contributed by atoms with van der Waals surface area (Å²) in [5.41, 5.74) is 5.28. The molecule has 0 spiro atoms. The van der Waals surface area contributed by atoms with Gasteiger partial charge in [0, 0.05) is 67.1 Å². The van der Waals surface area contributed by atoms with Crippen molar-refractivity contribution in [2.75, 3.05) is 44.4 Å². The number of aromatic nitrogens is 3. The zero-order valence-electron chi connectivity index (χ0n) is 22.2. The van der Waals surface area contributed by atoms with E-state index >= 15 is 0 Å². The number of rotatable bonds is 5. The van der Waals surface area contributed by atoms with Crippen molar-refractivity contribution < 1.29 is 9.59 Å². The van der Waals surface area contributed by atoms with Gasteiger partial charge in [0.2, 0.25) is 0 Å². The fraction of sp³-hybridized carbons (Fsp3) is 0.310. The first kappa shape index (κ1) is 25.4. The minimum Gasteiger partial charge on any atom is -0.344 e. The number of piperidine rings is 1. The third-order valence-electron chi connectivity index (χ3n) is 7.36. The number of nitrogens with zero attached hydrogens (tertiary/aromatic N) is 5. The Hall–Kier alpha value is -4.24. The highest BCUT2D eigenvalue weighted by Gasteiger charge is 2.20. The van der Waals surface area contributed by atoms with Gasteiger partial charge in [-0.25, -0.2) is 9.78 Å². The third-order valence-corrected chi connectivity index (χ3v) is 7.36. The van der Waals surface area contributed by atoms with Crippen LogP contribution >= 0.6 is 0 Å². The average molecular weight is 512 g/mol. The summed E-state index contributed by atoms with van der Waals surface area (Å²) in [4.78, 5) is 38.4. The molecule has 38 heavy (non-hydrogen) atoms. The molecule has 0 atom stereocenters. The number of pyridine rings is 2. The minimum absolute atomic E-state index is 0.179. The van der Waals surface area contributed by atoms with Gasteiger partial charge in [-0.1, -0.05) is 0 Å². The minimum atomic E-state index is -0.243. The predicted octanol–water partition coefficient (Wildman–Crippen LogP) is 4.76. The lowest BCUT2D eigenvalue weighted by molar-refractivity contribution is 0.102. The van der Waals surface area contributed by atoms with Crippen LogP contribution in [-0.4, -0.2) is 65.6 Å². The molecule has 2 amide bonds. The van der Waals surface area contributed by atoms with Gasteiger partial charge in [0.05, 0.1) is 11.1 Å². The summed E-state index contributed by atoms with van der Waals surface area (Å²) in [6.07, 6.45) is 7.28. The molecule has 4 heterocycles. The molecule has 0 unspecified atom stereocenters. The monoisotopic (exact) mass is 511 g/mol. The van der Waals surface area contributed by atoms with E-state index < -0.39 is 0 Å². The number of hydrogen-bond acceptors (Lipinski definition) is 6. The van der Waals surface area contributed by atoms with Gasteiger partial charge in [-0.3, -0.25) is 14.3 Å². The summed E-state index contributed by atoms with van der Waals surface area (Å²) in [7, 11) is 5.73. The Bertz CT molecular complexity index is 1470. The normalized spacial score (nSPS) is 14.4. The van der Waals surface area contributed by atoms with Crippen molar-refractivity contribution in [3.8, 4) is 0 Å². The number of likely N-dealkylation sites (tertiary alicyclic amines) is 1. The lowest BCUT2D eigenvalue weighted by atomic mass is 9.93. The van der Waals surface area contributed by atoms with E-state index in [2.05, 4.69) is 38.6 Å². The van der Waals surface area contributed by atoms with Crippen molar-refractivity contribution in [2.45, 2.75) is 25.7 Å². The van der Waals surface area contributed by atoms with Gasteiger partial charge in [0.25, 0.3) is 5.91 Å². The molecular weight excluding hydrogens is 478 g/mol. The fourth-order valence-electron chi connectivity index (χ4n) is 5.04. The van der Waals surface area contributed by atoms with Crippen LogP contribution < -0.4 is 15.5 Å². The van der Waals surface area contributed by atoms with E-state index in [0.29, 0.717) is 17.3 Å². The third kappa shape index (κ3) is 5.10. The highest BCUT2D eigenvalue weighted by Crippen LogP contribution is 2.32. The highest BCUT2D eigenvalue weighted by atomic mass is 16.2. The number of nitrogens with one attached hydrogen (secondary N) is 2. The fourth-order valence-corrected chi connectivity index (χ4v) is 5.04. The predicted molar refractivity (Wildman–Crippen MR) is 150 cm³/mol. The summed E-state index contributed by atoms with van der Waals surface area (Å²) < 4.78 is 1.60. The van der Waals surface area contributed by atoms with E-state index in [0.717, 1.165) is 59.5 Å². The van der Waals surface area contributed by atoms with Crippen molar-refractivity contribution >= 4 is 40.0 Å². The maximum absolute atomic E-state index is 12.9. The van der Waals surface area contributed by atoms with Crippen LogP contribution in [0.5, 0.6) is 0 Å². The SMILES string of the molecule is CNC(=O)n1ccc2cc(N(C)c3ccnc(NC(=O)c4ccc(C5CCN(C)CC5)nc4)c3)c(C)cc21. The van der Waals surface area contributed by atoms with Crippen LogP contribution in [0, 0.1) is 6.92 Å². The molecule has 1 aliphatic rings. The number of anilines is 3. The van der Waals surface area contributed by atoms with E-state index in [4.69, 9.17) is 0 Å². The molecule has 1 aliphatic heterocycles. The maximum Gasteiger partial charge on any atom is 0.325 e. The number of carbonyl (C=O) groups excluding carboxylic acids is 2. The molecule has 4 aromatic rings. The number of benzene rings is 1. The molecule has 0 bridgehead atoms. The molecule has 9 nitrogen and oxygen atoms in total. The van der Waals surface area contributed by atoms with E-state index in [1.165, 1.54) is 0 Å². The van der Waals surface area contributed by atoms with Crippen molar-refractivity contribution in [2.24, 2.45) is 0 Å². The first-order chi connectivity index (χ1) is 18.3. The van der Waals surface area contributed by atoms with Gasteiger partial charge in [0.1, 0.15) is 5.82 Å². The molecular formula is C29H33N7O2. The Balaban J connectivity index is 1.31. The molecule has 0 saturated carbocycles. The Morgan fingerprint density at radius 2 is 1.84 bits per heavy atom. The van der Waals surface area contributed by atoms with E-state index in [1.807, 2.05) is 55.3 Å². The smallest absolute Gasteiger partial charge is 0.325 e. The van der Waals surface area contributed by atoms with Crippen LogP contribution in [0.1, 0.15) is 40.4 Å². The second-order valence-electron chi connectivity index (χ2n) is 9.90. The summed E-state index contributed by atoms with van der Waals surface area (Å²) in [6, 6.07) is 13.4. The molecule has 1 saturated heterocycles. The van der Waals surface area contributed by atoms with Crippen molar-refractivity contribution in [1.29, 1.82) is 0 Å². The Morgan fingerprint density at radius 1 is 1.05 bits per heavy atom. The van der Waals surface area contributed by atoms with Crippen LogP contribution in [0.4, 0.5) is 22.0 Å². The van der Waals surface area contributed by atoms with Crippen LogP contribution in [-0.2, 0) is 0 Å². The second kappa shape index (κ2) is 10.6. The van der Waals surface area contributed by atoms with Gasteiger partial charge in [-0.2, -0.15) is 0 Å². The van der Waals surface area contributed by atoms with Gasteiger partial charge in [-0.15, -0.1) is 0 Å². The summed E-state index contributed by atoms with van der Waals surface area (Å²) in [6.45, 7) is 4.15. The second-order valence-corrected chi connectivity index (χ2v) is 9.90. The quantitative estimate of drug-likeness (QED) is 0.401. The van der Waals surface area contributed by atoms with Crippen LogP contribution in [0.3, 0.4) is 0 Å². The lowest BCUT2D eigenvalue weighted by Gasteiger charge is -2.28. The number of carbonyl (C=O) groups is 2. The van der Waals surface area contributed by atoms with E-state index in [-0.39, 0.29) is 11.9 Å². The van der Waals surface area contributed by atoms with Crippen LogP contribution in [0.2, 0.25) is 0 Å². The topological polar surface area (TPSA) is 95.4 Å². The number of hydrogen-bond donors (Lipinski definition) is 2. The largest absolute Gasteiger partial charge is 0.344 e. The van der Waals surface area contributed by atoms with Crippen molar-refractivity contribution in [3.05, 3.63) is 77.9 Å². The summed E-state index contributed by atoms with van der Waals surface area (Å²) >= 11 is 0. The maximum atomic E-state index is 12.9.